The fourth-order valence-electron chi connectivity index (χ4n) is 1.30. The summed E-state index contributed by atoms with van der Waals surface area (Å²) in [4.78, 5) is 7.64. The number of rotatable bonds is 3. The van der Waals surface area contributed by atoms with Crippen LogP contribution in [0.15, 0.2) is 0 Å². The maximum absolute atomic E-state index is 5.48. The summed E-state index contributed by atoms with van der Waals surface area (Å²) in [6.45, 7) is 8.05. The van der Waals surface area contributed by atoms with E-state index in [0.29, 0.717) is 4.64 Å². The number of aryl methyl sites for hydroxylation is 1. The van der Waals surface area contributed by atoms with Gasteiger partial charge in [-0.1, -0.05) is 19.1 Å². The molecule has 0 saturated heterocycles. The van der Waals surface area contributed by atoms with E-state index in [2.05, 4.69) is 16.9 Å². The average Bonchev–Trinajstić information content (AvgIpc) is 2.24. The van der Waals surface area contributed by atoms with Crippen molar-refractivity contribution in [2.24, 2.45) is 0 Å². The minimum Gasteiger partial charge on any atom is -0.371 e. The predicted octanol–water partition coefficient (Wildman–Crippen LogP) is 3.03. The van der Waals surface area contributed by atoms with Crippen LogP contribution in [0.3, 0.4) is 0 Å². The third-order valence-corrected chi connectivity index (χ3v) is 3.43. The molecule has 84 valence electrons. The van der Waals surface area contributed by atoms with E-state index in [1.807, 2.05) is 20.8 Å². The summed E-state index contributed by atoms with van der Waals surface area (Å²) in [6, 6.07) is 0. The van der Waals surface area contributed by atoms with E-state index in [0.717, 1.165) is 23.5 Å². The Balaban J connectivity index is 3.33. The minimum atomic E-state index is -0.383. The smallest absolute Gasteiger partial charge is 0.139 e. The number of methoxy groups -OCH3 is 1. The summed E-state index contributed by atoms with van der Waals surface area (Å²) in [5.74, 6) is 0.806. The summed E-state index contributed by atoms with van der Waals surface area (Å²) < 4.78 is 6.13. The number of nitrogens with one attached hydrogen (secondary N) is 1. The minimum absolute atomic E-state index is 0.383. The van der Waals surface area contributed by atoms with Gasteiger partial charge in [-0.25, -0.2) is 4.98 Å². The number of H-pyrrole nitrogens is 1. The third-order valence-electron chi connectivity index (χ3n) is 3.03. The van der Waals surface area contributed by atoms with Crippen LogP contribution >= 0.6 is 12.2 Å². The van der Waals surface area contributed by atoms with Gasteiger partial charge in [-0.3, -0.25) is 0 Å². The highest BCUT2D eigenvalue weighted by Crippen LogP contribution is 2.25. The molecular formula is C11H18N2OS. The van der Waals surface area contributed by atoms with E-state index < -0.39 is 0 Å². The molecule has 0 aliphatic carbocycles. The molecule has 0 spiro atoms. The molecule has 0 aliphatic rings. The molecule has 1 aromatic heterocycles. The molecular weight excluding hydrogens is 208 g/mol. The standard InChI is InChI=1S/C11H18N2OS/c1-6-11(4,14-5)10-12-8(3)7(2)9(15)13-10/h6H2,1-5H3,(H,12,13,15). The number of hydrogen-bond acceptors (Lipinski definition) is 3. The van der Waals surface area contributed by atoms with E-state index in [9.17, 15) is 0 Å². The lowest BCUT2D eigenvalue weighted by Gasteiger charge is -2.26. The number of aromatic amines is 1. The van der Waals surface area contributed by atoms with Crippen molar-refractivity contribution in [1.82, 2.24) is 9.97 Å². The zero-order chi connectivity index (χ0) is 11.6. The van der Waals surface area contributed by atoms with Crippen molar-refractivity contribution in [2.75, 3.05) is 7.11 Å². The molecule has 1 N–H and O–H groups in total. The molecule has 15 heavy (non-hydrogen) atoms. The monoisotopic (exact) mass is 226 g/mol. The Hall–Kier alpha value is -0.740. The van der Waals surface area contributed by atoms with Crippen molar-refractivity contribution in [1.29, 1.82) is 0 Å². The first-order valence-corrected chi connectivity index (χ1v) is 5.48. The molecule has 1 unspecified atom stereocenters. The van der Waals surface area contributed by atoms with Crippen LogP contribution in [0.4, 0.5) is 0 Å². The molecule has 1 rings (SSSR count). The maximum atomic E-state index is 5.48. The first kappa shape index (κ1) is 12.3. The fourth-order valence-corrected chi connectivity index (χ4v) is 1.55. The van der Waals surface area contributed by atoms with Gasteiger partial charge in [-0.05, 0) is 27.2 Å². The van der Waals surface area contributed by atoms with E-state index in [1.165, 1.54) is 0 Å². The number of ether oxygens (including phenoxy) is 1. The van der Waals surface area contributed by atoms with Crippen molar-refractivity contribution in [3.05, 3.63) is 21.7 Å². The van der Waals surface area contributed by atoms with Crippen LogP contribution < -0.4 is 0 Å². The zero-order valence-corrected chi connectivity index (χ0v) is 10.8. The van der Waals surface area contributed by atoms with Gasteiger partial charge in [0.2, 0.25) is 0 Å². The molecule has 0 saturated carbocycles. The highest BCUT2D eigenvalue weighted by Gasteiger charge is 2.26. The highest BCUT2D eigenvalue weighted by atomic mass is 32.1. The lowest BCUT2D eigenvalue weighted by molar-refractivity contribution is -0.00922. The molecule has 1 atom stereocenters. The lowest BCUT2D eigenvalue weighted by atomic mass is 10.0. The van der Waals surface area contributed by atoms with E-state index >= 15 is 0 Å². The number of nitrogens with zero attached hydrogens (tertiary/aromatic N) is 1. The van der Waals surface area contributed by atoms with Crippen molar-refractivity contribution >= 4 is 12.2 Å². The molecule has 0 bridgehead atoms. The summed E-state index contributed by atoms with van der Waals surface area (Å²) in [5.41, 5.74) is 1.71. The van der Waals surface area contributed by atoms with Gasteiger partial charge in [0.15, 0.2) is 0 Å². The SMILES string of the molecule is CCC(C)(OC)c1nc(=S)c(C)c(C)[nH]1. The Morgan fingerprint density at radius 2 is 2.07 bits per heavy atom. The van der Waals surface area contributed by atoms with Gasteiger partial charge in [-0.2, -0.15) is 0 Å². The van der Waals surface area contributed by atoms with Crippen molar-refractivity contribution in [3.8, 4) is 0 Å². The molecule has 3 nitrogen and oxygen atoms in total. The Labute approximate surface area is 95.9 Å². The largest absolute Gasteiger partial charge is 0.371 e. The van der Waals surface area contributed by atoms with Crippen LogP contribution in [0, 0.1) is 18.5 Å². The van der Waals surface area contributed by atoms with Crippen LogP contribution in [0.1, 0.15) is 37.4 Å². The van der Waals surface area contributed by atoms with Crippen LogP contribution in [0.5, 0.6) is 0 Å². The summed E-state index contributed by atoms with van der Waals surface area (Å²) in [7, 11) is 1.69. The zero-order valence-electron chi connectivity index (χ0n) is 9.97. The first-order chi connectivity index (χ1) is 6.94. The Morgan fingerprint density at radius 3 is 2.47 bits per heavy atom. The van der Waals surface area contributed by atoms with Crippen LogP contribution in [-0.4, -0.2) is 17.1 Å². The quantitative estimate of drug-likeness (QED) is 0.805. The van der Waals surface area contributed by atoms with Gasteiger partial charge in [0, 0.05) is 18.4 Å². The second-order valence-corrected chi connectivity index (χ2v) is 4.32. The molecule has 0 amide bonds. The van der Waals surface area contributed by atoms with Crippen molar-refractivity contribution in [3.63, 3.8) is 0 Å². The van der Waals surface area contributed by atoms with E-state index in [-0.39, 0.29) is 5.60 Å². The van der Waals surface area contributed by atoms with Gasteiger partial charge in [0.25, 0.3) is 0 Å². The maximum Gasteiger partial charge on any atom is 0.139 e. The van der Waals surface area contributed by atoms with Crippen LogP contribution in [0.25, 0.3) is 0 Å². The molecule has 4 heteroatoms. The van der Waals surface area contributed by atoms with Gasteiger partial charge < -0.3 is 9.72 Å². The Kier molecular flexibility index (Phi) is 3.62. The van der Waals surface area contributed by atoms with Gasteiger partial charge in [0.1, 0.15) is 16.1 Å². The van der Waals surface area contributed by atoms with Crippen LogP contribution in [-0.2, 0) is 10.3 Å². The molecule has 1 aromatic rings. The van der Waals surface area contributed by atoms with Gasteiger partial charge >= 0.3 is 0 Å². The molecule has 0 aliphatic heterocycles. The lowest BCUT2D eigenvalue weighted by Crippen LogP contribution is -2.27. The Morgan fingerprint density at radius 1 is 1.47 bits per heavy atom. The van der Waals surface area contributed by atoms with Crippen LogP contribution in [0.2, 0.25) is 0 Å². The summed E-state index contributed by atoms with van der Waals surface area (Å²) in [5, 5.41) is 0. The second-order valence-electron chi connectivity index (χ2n) is 3.93. The fraction of sp³-hybridized carbons (Fsp3) is 0.636. The Bertz CT molecular complexity index is 408. The normalized spacial score (nSPS) is 15.0. The number of aromatic nitrogens is 2. The number of hydrogen-bond donors (Lipinski definition) is 1. The molecule has 1 heterocycles. The molecule has 0 aromatic carbocycles. The highest BCUT2D eigenvalue weighted by molar-refractivity contribution is 7.71. The van der Waals surface area contributed by atoms with Crippen molar-refractivity contribution in [2.45, 2.75) is 39.7 Å². The molecule has 0 radical (unpaired) electrons. The average molecular weight is 226 g/mol. The topological polar surface area (TPSA) is 37.9 Å². The summed E-state index contributed by atoms with van der Waals surface area (Å²) in [6.07, 6.45) is 0.851. The van der Waals surface area contributed by atoms with Gasteiger partial charge in [-0.15, -0.1) is 0 Å². The van der Waals surface area contributed by atoms with Crippen molar-refractivity contribution < 1.29 is 4.74 Å². The van der Waals surface area contributed by atoms with Gasteiger partial charge in [0.05, 0.1) is 0 Å². The van der Waals surface area contributed by atoms with E-state index in [1.54, 1.807) is 7.11 Å². The third kappa shape index (κ3) is 2.26. The summed E-state index contributed by atoms with van der Waals surface area (Å²) >= 11 is 5.21. The predicted molar refractivity (Wildman–Crippen MR) is 63.5 cm³/mol. The molecule has 0 fully saturated rings. The van der Waals surface area contributed by atoms with E-state index in [4.69, 9.17) is 17.0 Å². The second kappa shape index (κ2) is 4.41. The first-order valence-electron chi connectivity index (χ1n) is 5.07.